The van der Waals surface area contributed by atoms with Crippen LogP contribution in [0, 0.1) is 5.41 Å². The average Bonchev–Trinajstić information content (AvgIpc) is 2.91. The lowest BCUT2D eigenvalue weighted by molar-refractivity contribution is 0.680. The molecule has 0 radical (unpaired) electrons. The first kappa shape index (κ1) is 10.3. The molecule has 1 saturated carbocycles. The maximum atomic E-state index is 11.1. The molecule has 1 N–H and O–H groups in total. The van der Waals surface area contributed by atoms with Crippen LogP contribution < -0.4 is 5.69 Å². The molecule has 1 aromatic heterocycles. The van der Waals surface area contributed by atoms with Gasteiger partial charge in [-0.2, -0.15) is 0 Å². The third kappa shape index (κ3) is 1.91. The van der Waals surface area contributed by atoms with Crippen molar-refractivity contribution in [2.24, 2.45) is 12.5 Å². The second-order valence-electron chi connectivity index (χ2n) is 3.79. The van der Waals surface area contributed by atoms with Crippen molar-refractivity contribution >= 4 is 27.7 Å². The molecule has 1 heterocycles. The zero-order valence-electron chi connectivity index (χ0n) is 7.92. The van der Waals surface area contributed by atoms with Crippen LogP contribution in [0.2, 0.25) is 0 Å². The Hall–Kier alpha value is -0.230. The van der Waals surface area contributed by atoms with Crippen LogP contribution in [-0.2, 0) is 7.05 Å². The van der Waals surface area contributed by atoms with Gasteiger partial charge < -0.3 is 0 Å². The summed E-state index contributed by atoms with van der Waals surface area (Å²) in [7, 11) is 1.74. The Morgan fingerprint density at radius 2 is 2.43 bits per heavy atom. The van der Waals surface area contributed by atoms with Crippen LogP contribution in [0.15, 0.2) is 9.95 Å². The Kier molecular flexibility index (Phi) is 2.74. The number of halogens is 1. The maximum absolute atomic E-state index is 11.1. The first-order valence-electron chi connectivity index (χ1n) is 4.47. The monoisotopic (exact) mass is 277 g/mol. The molecule has 0 unspecified atom stereocenters. The fraction of sp³-hybridized carbons (Fsp3) is 0.750. The van der Waals surface area contributed by atoms with Crippen LogP contribution in [0.4, 0.5) is 0 Å². The summed E-state index contributed by atoms with van der Waals surface area (Å²) < 4.78 is 1.55. The van der Waals surface area contributed by atoms with Crippen molar-refractivity contribution in [3.63, 3.8) is 0 Å². The zero-order valence-corrected chi connectivity index (χ0v) is 10.3. The number of rotatable bonds is 4. The molecule has 0 aromatic carbocycles. The molecule has 1 aliphatic rings. The minimum absolute atomic E-state index is 0.142. The van der Waals surface area contributed by atoms with E-state index < -0.39 is 0 Å². The normalized spacial score (nSPS) is 18.4. The van der Waals surface area contributed by atoms with E-state index in [0.29, 0.717) is 5.41 Å². The number of nitrogens with one attached hydrogen (secondary N) is 1. The van der Waals surface area contributed by atoms with Crippen molar-refractivity contribution in [2.45, 2.75) is 18.0 Å². The standard InChI is InChI=1S/C8H12BrN3OS/c1-12-6(13)10-11-7(12)14-5-8(4-9)2-3-8/h2-5H2,1H3,(H,10,13). The van der Waals surface area contributed by atoms with Crippen molar-refractivity contribution in [1.82, 2.24) is 14.8 Å². The van der Waals surface area contributed by atoms with Crippen LogP contribution in [-0.4, -0.2) is 25.8 Å². The van der Waals surface area contributed by atoms with Crippen LogP contribution in [0.1, 0.15) is 12.8 Å². The average molecular weight is 278 g/mol. The molecule has 1 fully saturated rings. The van der Waals surface area contributed by atoms with E-state index in [2.05, 4.69) is 26.1 Å². The molecule has 0 bridgehead atoms. The van der Waals surface area contributed by atoms with Crippen LogP contribution in [0.25, 0.3) is 0 Å². The molecule has 14 heavy (non-hydrogen) atoms. The third-order valence-corrected chi connectivity index (χ3v) is 5.16. The molecule has 1 aliphatic carbocycles. The van der Waals surface area contributed by atoms with E-state index in [9.17, 15) is 4.79 Å². The molecule has 0 aliphatic heterocycles. The molecule has 78 valence electrons. The first-order valence-corrected chi connectivity index (χ1v) is 6.58. The van der Waals surface area contributed by atoms with Crippen molar-refractivity contribution in [2.75, 3.05) is 11.1 Å². The first-order chi connectivity index (χ1) is 6.67. The number of hydrogen-bond donors (Lipinski definition) is 1. The Morgan fingerprint density at radius 3 is 2.86 bits per heavy atom. The van der Waals surface area contributed by atoms with Gasteiger partial charge in [-0.3, -0.25) is 4.57 Å². The molecule has 0 saturated heterocycles. The van der Waals surface area contributed by atoms with Gasteiger partial charge in [-0.15, -0.1) is 5.10 Å². The van der Waals surface area contributed by atoms with E-state index in [0.717, 1.165) is 16.2 Å². The Morgan fingerprint density at radius 1 is 1.71 bits per heavy atom. The summed E-state index contributed by atoms with van der Waals surface area (Å²) in [6.07, 6.45) is 2.56. The Bertz CT molecular complexity index is 382. The van der Waals surface area contributed by atoms with Crippen LogP contribution in [0.5, 0.6) is 0 Å². The van der Waals surface area contributed by atoms with E-state index in [1.807, 2.05) is 0 Å². The summed E-state index contributed by atoms with van der Waals surface area (Å²) in [4.78, 5) is 11.1. The fourth-order valence-electron chi connectivity index (χ4n) is 1.17. The van der Waals surface area contributed by atoms with Crippen molar-refractivity contribution < 1.29 is 0 Å². The quantitative estimate of drug-likeness (QED) is 0.668. The van der Waals surface area contributed by atoms with Gasteiger partial charge in [-0.25, -0.2) is 9.89 Å². The number of H-pyrrole nitrogens is 1. The number of alkyl halides is 1. The molecule has 0 spiro atoms. The van der Waals surface area contributed by atoms with Gasteiger partial charge in [0.1, 0.15) is 0 Å². The SMILES string of the molecule is Cn1c(SCC2(CBr)CC2)n[nH]c1=O. The van der Waals surface area contributed by atoms with Crippen LogP contribution >= 0.6 is 27.7 Å². The second-order valence-corrected chi connectivity index (χ2v) is 5.30. The summed E-state index contributed by atoms with van der Waals surface area (Å²) in [6, 6.07) is 0. The lowest BCUT2D eigenvalue weighted by Crippen LogP contribution is -2.13. The lowest BCUT2D eigenvalue weighted by atomic mass is 10.2. The van der Waals surface area contributed by atoms with Crippen molar-refractivity contribution in [3.8, 4) is 0 Å². The second kappa shape index (κ2) is 3.73. The number of hydrogen-bond acceptors (Lipinski definition) is 3. The van der Waals surface area contributed by atoms with Gasteiger partial charge >= 0.3 is 5.69 Å². The summed E-state index contributed by atoms with van der Waals surface area (Å²) in [6.45, 7) is 0. The van der Waals surface area contributed by atoms with Gasteiger partial charge in [0.05, 0.1) is 0 Å². The third-order valence-electron chi connectivity index (χ3n) is 2.59. The topological polar surface area (TPSA) is 50.7 Å². The zero-order chi connectivity index (χ0) is 10.2. The molecule has 6 heteroatoms. The number of aromatic nitrogens is 3. The summed E-state index contributed by atoms with van der Waals surface area (Å²) >= 11 is 5.17. The molecule has 0 atom stereocenters. The highest BCUT2D eigenvalue weighted by Gasteiger charge is 2.41. The summed E-state index contributed by atoms with van der Waals surface area (Å²) in [5.74, 6) is 1.04. The molecule has 2 rings (SSSR count). The fourth-order valence-corrected chi connectivity index (χ4v) is 3.41. The summed E-state index contributed by atoms with van der Waals surface area (Å²) in [5.41, 5.74) is 0.316. The number of thioether (sulfide) groups is 1. The molecular formula is C8H12BrN3OS. The van der Waals surface area contributed by atoms with E-state index in [1.54, 1.807) is 23.4 Å². The van der Waals surface area contributed by atoms with Gasteiger partial charge in [0.25, 0.3) is 0 Å². The van der Waals surface area contributed by atoms with E-state index in [1.165, 1.54) is 12.8 Å². The number of aromatic amines is 1. The highest BCUT2D eigenvalue weighted by Crippen LogP contribution is 2.49. The minimum Gasteiger partial charge on any atom is -0.273 e. The van der Waals surface area contributed by atoms with E-state index in [-0.39, 0.29) is 5.69 Å². The van der Waals surface area contributed by atoms with E-state index in [4.69, 9.17) is 0 Å². The number of nitrogens with zero attached hydrogens (tertiary/aromatic N) is 2. The highest BCUT2D eigenvalue weighted by molar-refractivity contribution is 9.09. The van der Waals surface area contributed by atoms with Gasteiger partial charge in [-0.1, -0.05) is 27.7 Å². The minimum atomic E-state index is -0.142. The Labute approximate surface area is 94.6 Å². The summed E-state index contributed by atoms with van der Waals surface area (Å²) in [5, 5.41) is 8.22. The molecule has 0 amide bonds. The Balaban J connectivity index is 1.98. The van der Waals surface area contributed by atoms with Gasteiger partial charge in [0.15, 0.2) is 5.16 Å². The van der Waals surface area contributed by atoms with Gasteiger partial charge in [0.2, 0.25) is 0 Å². The van der Waals surface area contributed by atoms with Crippen molar-refractivity contribution in [1.29, 1.82) is 0 Å². The molecule has 4 nitrogen and oxygen atoms in total. The largest absolute Gasteiger partial charge is 0.343 e. The molecular weight excluding hydrogens is 266 g/mol. The smallest absolute Gasteiger partial charge is 0.273 e. The molecule has 1 aromatic rings. The van der Waals surface area contributed by atoms with Gasteiger partial charge in [0, 0.05) is 18.1 Å². The van der Waals surface area contributed by atoms with Crippen LogP contribution in [0.3, 0.4) is 0 Å². The van der Waals surface area contributed by atoms with Crippen molar-refractivity contribution in [3.05, 3.63) is 10.5 Å². The predicted molar refractivity (Wildman–Crippen MR) is 60.0 cm³/mol. The van der Waals surface area contributed by atoms with E-state index >= 15 is 0 Å². The maximum Gasteiger partial charge on any atom is 0.343 e. The van der Waals surface area contributed by atoms with Gasteiger partial charge in [-0.05, 0) is 18.3 Å². The highest BCUT2D eigenvalue weighted by atomic mass is 79.9. The predicted octanol–water partition coefficient (Wildman–Crippen LogP) is 1.38. The lowest BCUT2D eigenvalue weighted by Gasteiger charge is -2.08.